The van der Waals surface area contributed by atoms with Crippen molar-refractivity contribution in [1.29, 1.82) is 0 Å². The molecular formula is C25H28N2O5. The second kappa shape index (κ2) is 11.7. The third-order valence-electron chi connectivity index (χ3n) is 5.08. The van der Waals surface area contributed by atoms with E-state index in [2.05, 4.69) is 10.6 Å². The number of anilines is 1. The van der Waals surface area contributed by atoms with Crippen LogP contribution in [0.5, 0.6) is 5.75 Å². The number of para-hydroxylation sites is 1. The Hall–Kier alpha value is -3.61. The smallest absolute Gasteiger partial charge is 0.331 e. The van der Waals surface area contributed by atoms with Crippen LogP contribution in [0.15, 0.2) is 54.6 Å². The van der Waals surface area contributed by atoms with Crippen LogP contribution in [-0.2, 0) is 14.3 Å². The molecule has 1 aliphatic carbocycles. The summed E-state index contributed by atoms with van der Waals surface area (Å²) >= 11 is 0. The normalized spacial score (nSPS) is 13.7. The van der Waals surface area contributed by atoms with E-state index in [1.54, 1.807) is 30.3 Å². The Morgan fingerprint density at radius 3 is 2.47 bits per heavy atom. The molecule has 168 valence electrons. The molecule has 32 heavy (non-hydrogen) atoms. The Bertz CT molecular complexity index is 963. The lowest BCUT2D eigenvalue weighted by Gasteiger charge is -2.15. The molecule has 2 N–H and O–H groups in total. The number of hydrogen-bond acceptors (Lipinski definition) is 5. The van der Waals surface area contributed by atoms with Crippen LogP contribution in [0.2, 0.25) is 0 Å². The molecular weight excluding hydrogens is 408 g/mol. The van der Waals surface area contributed by atoms with Crippen LogP contribution >= 0.6 is 0 Å². The molecule has 1 saturated carbocycles. The lowest BCUT2D eigenvalue weighted by molar-refractivity contribution is -0.142. The highest BCUT2D eigenvalue weighted by Gasteiger charge is 2.20. The van der Waals surface area contributed by atoms with Crippen molar-refractivity contribution in [1.82, 2.24) is 5.32 Å². The Balaban J connectivity index is 1.49. The number of rotatable bonds is 9. The maximum Gasteiger partial charge on any atom is 0.331 e. The molecule has 0 aliphatic heterocycles. The van der Waals surface area contributed by atoms with Crippen molar-refractivity contribution in [2.24, 2.45) is 0 Å². The summed E-state index contributed by atoms with van der Waals surface area (Å²) in [5.74, 6) is -0.626. The summed E-state index contributed by atoms with van der Waals surface area (Å²) in [7, 11) is 0. The van der Waals surface area contributed by atoms with Gasteiger partial charge in [0.05, 0.1) is 17.9 Å². The fourth-order valence-electron chi connectivity index (χ4n) is 3.50. The highest BCUT2D eigenvalue weighted by Crippen LogP contribution is 2.20. The van der Waals surface area contributed by atoms with E-state index in [4.69, 9.17) is 9.47 Å². The highest BCUT2D eigenvalue weighted by molar-refractivity contribution is 6.04. The van der Waals surface area contributed by atoms with Crippen LogP contribution in [0, 0.1) is 0 Å². The highest BCUT2D eigenvalue weighted by atomic mass is 16.5. The molecule has 0 unspecified atom stereocenters. The van der Waals surface area contributed by atoms with Gasteiger partial charge in [-0.2, -0.15) is 0 Å². The van der Waals surface area contributed by atoms with Gasteiger partial charge in [0.25, 0.3) is 11.8 Å². The quantitative estimate of drug-likeness (QED) is 0.459. The summed E-state index contributed by atoms with van der Waals surface area (Å²) in [6.45, 7) is 2.04. The van der Waals surface area contributed by atoms with Gasteiger partial charge in [0.2, 0.25) is 0 Å². The molecule has 7 nitrogen and oxygen atoms in total. The van der Waals surface area contributed by atoms with E-state index in [0.29, 0.717) is 17.9 Å². The molecule has 1 aliphatic rings. The van der Waals surface area contributed by atoms with E-state index >= 15 is 0 Å². The van der Waals surface area contributed by atoms with Gasteiger partial charge in [0.1, 0.15) is 5.75 Å². The predicted molar refractivity (Wildman–Crippen MR) is 122 cm³/mol. The molecule has 0 spiro atoms. The average Bonchev–Trinajstić information content (AvgIpc) is 3.31. The molecule has 2 amide bonds. The van der Waals surface area contributed by atoms with Crippen molar-refractivity contribution in [2.45, 2.75) is 38.6 Å². The van der Waals surface area contributed by atoms with E-state index in [1.807, 2.05) is 31.2 Å². The molecule has 0 heterocycles. The first-order valence-corrected chi connectivity index (χ1v) is 10.8. The molecule has 7 heteroatoms. The monoisotopic (exact) mass is 436 g/mol. The zero-order chi connectivity index (χ0) is 22.8. The molecule has 0 saturated heterocycles. The molecule has 0 radical (unpaired) electrons. The number of esters is 1. The zero-order valence-electron chi connectivity index (χ0n) is 18.1. The van der Waals surface area contributed by atoms with E-state index in [-0.39, 0.29) is 11.9 Å². The molecule has 2 aromatic carbocycles. The van der Waals surface area contributed by atoms with Gasteiger partial charge in [0, 0.05) is 12.1 Å². The molecule has 2 aromatic rings. The van der Waals surface area contributed by atoms with Crippen molar-refractivity contribution in [2.75, 3.05) is 18.5 Å². The third kappa shape index (κ3) is 6.97. The van der Waals surface area contributed by atoms with E-state index in [9.17, 15) is 14.4 Å². The van der Waals surface area contributed by atoms with E-state index in [0.717, 1.165) is 37.0 Å². The average molecular weight is 437 g/mol. The Labute approximate surface area is 187 Å². The van der Waals surface area contributed by atoms with Crippen LogP contribution in [0.4, 0.5) is 5.69 Å². The molecule has 0 aromatic heterocycles. The second-order valence-corrected chi connectivity index (χ2v) is 7.49. The van der Waals surface area contributed by atoms with Gasteiger partial charge in [-0.25, -0.2) is 4.79 Å². The number of ether oxygens (including phenoxy) is 2. The van der Waals surface area contributed by atoms with Gasteiger partial charge in [-0.3, -0.25) is 9.59 Å². The minimum atomic E-state index is -0.638. The van der Waals surface area contributed by atoms with Gasteiger partial charge in [-0.15, -0.1) is 0 Å². The van der Waals surface area contributed by atoms with Crippen molar-refractivity contribution in [3.63, 3.8) is 0 Å². The SMILES string of the molecule is CCOc1ccc(/C=C/C(=O)OCC(=O)Nc2ccccc2C(=O)NC2CCCC2)cc1. The molecule has 1 fully saturated rings. The summed E-state index contributed by atoms with van der Waals surface area (Å²) in [6, 6.07) is 14.2. The number of benzene rings is 2. The second-order valence-electron chi connectivity index (χ2n) is 7.49. The van der Waals surface area contributed by atoms with Crippen LogP contribution in [-0.4, -0.2) is 37.0 Å². The lowest BCUT2D eigenvalue weighted by atomic mass is 10.1. The van der Waals surface area contributed by atoms with E-state index < -0.39 is 18.5 Å². The molecule has 0 bridgehead atoms. The van der Waals surface area contributed by atoms with Gasteiger partial charge >= 0.3 is 5.97 Å². The Morgan fingerprint density at radius 2 is 1.75 bits per heavy atom. The number of carbonyl (C=O) groups excluding carboxylic acids is 3. The summed E-state index contributed by atoms with van der Waals surface area (Å²) < 4.78 is 10.4. The van der Waals surface area contributed by atoms with Crippen LogP contribution in [0.3, 0.4) is 0 Å². The number of amides is 2. The predicted octanol–water partition coefficient (Wildman–Crippen LogP) is 3.95. The first-order valence-electron chi connectivity index (χ1n) is 10.8. The van der Waals surface area contributed by atoms with Gasteiger partial charge < -0.3 is 20.1 Å². The van der Waals surface area contributed by atoms with Crippen molar-refractivity contribution in [3.8, 4) is 5.75 Å². The fourth-order valence-corrected chi connectivity index (χ4v) is 3.50. The number of carbonyl (C=O) groups is 3. The van der Waals surface area contributed by atoms with Crippen molar-refractivity contribution < 1.29 is 23.9 Å². The summed E-state index contributed by atoms with van der Waals surface area (Å²) in [6.07, 6.45) is 7.02. The van der Waals surface area contributed by atoms with Crippen molar-refractivity contribution in [3.05, 3.63) is 65.7 Å². The number of hydrogen-bond donors (Lipinski definition) is 2. The Kier molecular flexibility index (Phi) is 8.43. The standard InChI is InChI=1S/C25H28N2O5/c1-2-31-20-14-11-18(12-15-20)13-16-24(29)32-17-23(28)27-22-10-6-5-9-21(22)25(30)26-19-7-3-4-8-19/h5-6,9-16,19H,2-4,7-8,17H2,1H3,(H,26,30)(H,27,28)/b16-13+. The van der Waals surface area contributed by atoms with E-state index in [1.165, 1.54) is 6.08 Å². The zero-order valence-corrected chi connectivity index (χ0v) is 18.1. The van der Waals surface area contributed by atoms with Gasteiger partial charge in [0.15, 0.2) is 6.61 Å². The number of nitrogens with one attached hydrogen (secondary N) is 2. The molecule has 0 atom stereocenters. The van der Waals surface area contributed by atoms with Crippen molar-refractivity contribution >= 4 is 29.5 Å². The van der Waals surface area contributed by atoms with Crippen LogP contribution in [0.25, 0.3) is 6.08 Å². The topological polar surface area (TPSA) is 93.7 Å². The maximum absolute atomic E-state index is 12.6. The Morgan fingerprint density at radius 1 is 1.03 bits per heavy atom. The van der Waals surface area contributed by atoms with Gasteiger partial charge in [-0.05, 0) is 55.7 Å². The largest absolute Gasteiger partial charge is 0.494 e. The van der Waals surface area contributed by atoms with Gasteiger partial charge in [-0.1, -0.05) is 37.1 Å². The summed E-state index contributed by atoms with van der Waals surface area (Å²) in [5, 5.41) is 5.66. The minimum Gasteiger partial charge on any atom is -0.494 e. The van der Waals surface area contributed by atoms with Crippen LogP contribution in [0.1, 0.15) is 48.5 Å². The van der Waals surface area contributed by atoms with Crippen LogP contribution < -0.4 is 15.4 Å². The fraction of sp³-hybridized carbons (Fsp3) is 0.320. The summed E-state index contributed by atoms with van der Waals surface area (Å²) in [4.78, 5) is 36.8. The maximum atomic E-state index is 12.6. The first kappa shape index (κ1) is 23.1. The summed E-state index contributed by atoms with van der Waals surface area (Å²) in [5.41, 5.74) is 1.57. The first-order chi connectivity index (χ1) is 15.5. The minimum absolute atomic E-state index is 0.175. The third-order valence-corrected chi connectivity index (χ3v) is 5.08. The lowest BCUT2D eigenvalue weighted by Crippen LogP contribution is -2.33. The molecule has 3 rings (SSSR count).